The Morgan fingerprint density at radius 1 is 1.24 bits per heavy atom. The summed E-state index contributed by atoms with van der Waals surface area (Å²) < 4.78 is 23.7. The van der Waals surface area contributed by atoms with Gasteiger partial charge in [0.15, 0.2) is 0 Å². The van der Waals surface area contributed by atoms with E-state index in [-0.39, 0.29) is 23.6 Å². The lowest BCUT2D eigenvalue weighted by Gasteiger charge is -2.33. The molecule has 0 aromatic carbocycles. The van der Waals surface area contributed by atoms with Gasteiger partial charge in [-0.25, -0.2) is 13.9 Å². The maximum atomic E-state index is 12.4. The fourth-order valence-electron chi connectivity index (χ4n) is 3.71. The molecule has 3 rings (SSSR count). The van der Waals surface area contributed by atoms with Crippen LogP contribution in [0.1, 0.15) is 47.7 Å². The minimum absolute atomic E-state index is 0.0940. The number of amides is 1. The highest BCUT2D eigenvalue weighted by molar-refractivity contribution is 7.87. The van der Waals surface area contributed by atoms with E-state index in [0.29, 0.717) is 35.5 Å². The number of piperidine rings is 1. The highest BCUT2D eigenvalue weighted by Crippen LogP contribution is 2.32. The molecular weight excluding hydrogens is 348 g/mol. The Kier molecular flexibility index (Phi) is 4.85. The van der Waals surface area contributed by atoms with Crippen molar-refractivity contribution < 1.29 is 23.1 Å². The predicted molar refractivity (Wildman–Crippen MR) is 89.5 cm³/mol. The molecular formula is C15H22N4O5S. The Morgan fingerprint density at radius 3 is 2.44 bits per heavy atom. The first kappa shape index (κ1) is 17.9. The number of aromatic carboxylic acids is 1. The second-order valence-electron chi connectivity index (χ2n) is 6.51. The molecule has 1 aromatic rings. The zero-order valence-electron chi connectivity index (χ0n) is 13.7. The topological polar surface area (TPSA) is 135 Å². The number of aromatic nitrogens is 1. The minimum atomic E-state index is -4.17. The van der Waals surface area contributed by atoms with Gasteiger partial charge in [0.05, 0.1) is 6.04 Å². The van der Waals surface area contributed by atoms with Crippen LogP contribution < -0.4 is 10.5 Å². The van der Waals surface area contributed by atoms with Crippen LogP contribution in [0.5, 0.6) is 0 Å². The Morgan fingerprint density at radius 2 is 1.92 bits per heavy atom. The summed E-state index contributed by atoms with van der Waals surface area (Å²) >= 11 is 0. The summed E-state index contributed by atoms with van der Waals surface area (Å²) in [5.41, 5.74) is 0.136. The fraction of sp³-hybridized carbons (Fsp3) is 0.600. The molecule has 0 radical (unpaired) electrons. The Hall–Kier alpha value is -1.91. The van der Waals surface area contributed by atoms with Gasteiger partial charge in [-0.15, -0.1) is 0 Å². The fourth-order valence-corrected chi connectivity index (χ4v) is 4.38. The van der Waals surface area contributed by atoms with E-state index in [1.165, 1.54) is 12.3 Å². The third-order valence-electron chi connectivity index (χ3n) is 4.96. The molecule has 1 amide bonds. The van der Waals surface area contributed by atoms with Gasteiger partial charge in [0, 0.05) is 19.3 Å². The highest BCUT2D eigenvalue weighted by Gasteiger charge is 2.33. The van der Waals surface area contributed by atoms with E-state index in [0.717, 1.165) is 19.4 Å². The number of carbonyl (C=O) groups excluding carboxylic acids is 1. The molecule has 10 heteroatoms. The number of hydrogen-bond donors (Lipinski definition) is 3. The maximum Gasteiger partial charge on any atom is 0.353 e. The maximum absolute atomic E-state index is 12.4. The number of likely N-dealkylation sites (tertiary alicyclic amines) is 1. The first-order chi connectivity index (χ1) is 11.8. The average molecular weight is 370 g/mol. The molecule has 0 bridgehead atoms. The van der Waals surface area contributed by atoms with Crippen molar-refractivity contribution in [3.8, 4) is 0 Å². The number of carbonyl (C=O) groups is 2. The molecule has 138 valence electrons. The summed E-state index contributed by atoms with van der Waals surface area (Å²) in [6, 6.07) is 1.38. The smallest absolute Gasteiger partial charge is 0.353 e. The highest BCUT2D eigenvalue weighted by atomic mass is 32.2. The van der Waals surface area contributed by atoms with Crippen LogP contribution in [-0.4, -0.2) is 59.9 Å². The monoisotopic (exact) mass is 370 g/mol. The van der Waals surface area contributed by atoms with E-state index in [4.69, 9.17) is 5.14 Å². The molecule has 0 spiro atoms. The summed E-state index contributed by atoms with van der Waals surface area (Å²) in [5, 5.41) is 17.7. The third kappa shape index (κ3) is 3.55. The van der Waals surface area contributed by atoms with Crippen molar-refractivity contribution >= 4 is 22.1 Å². The lowest BCUT2D eigenvalue weighted by molar-refractivity contribution is -0.134. The summed E-state index contributed by atoms with van der Waals surface area (Å²) in [7, 11) is -4.17. The Labute approximate surface area is 146 Å². The lowest BCUT2D eigenvalue weighted by Crippen LogP contribution is -2.46. The van der Waals surface area contributed by atoms with E-state index < -0.39 is 16.2 Å². The van der Waals surface area contributed by atoms with Gasteiger partial charge in [0.25, 0.3) is 0 Å². The van der Waals surface area contributed by atoms with Gasteiger partial charge >= 0.3 is 16.2 Å². The standard InChI is InChI=1S/C15H22N4O5S/c16-25(23,24)19-9-5-11(13(19)15(21)22)10-3-7-18(8-4-10)14(20)12-2-1-6-17-12/h5,9-10,12,17H,1-4,6-8H2,(H,21,22)(H2,16,23,24)/t12-/m0/s1. The van der Waals surface area contributed by atoms with Gasteiger partial charge in [-0.05, 0) is 49.8 Å². The molecule has 2 fully saturated rings. The van der Waals surface area contributed by atoms with Gasteiger partial charge in [-0.1, -0.05) is 0 Å². The van der Waals surface area contributed by atoms with Crippen LogP contribution in [0.4, 0.5) is 0 Å². The Balaban J connectivity index is 1.74. The largest absolute Gasteiger partial charge is 0.477 e. The molecule has 3 heterocycles. The quantitative estimate of drug-likeness (QED) is 0.666. The summed E-state index contributed by atoms with van der Waals surface area (Å²) in [6.07, 6.45) is 4.20. The van der Waals surface area contributed by atoms with Crippen molar-refractivity contribution in [1.82, 2.24) is 14.2 Å². The van der Waals surface area contributed by atoms with E-state index >= 15 is 0 Å². The predicted octanol–water partition coefficient (Wildman–Crippen LogP) is -0.304. The molecule has 9 nitrogen and oxygen atoms in total. The molecule has 2 aliphatic heterocycles. The summed E-state index contributed by atoms with van der Waals surface area (Å²) in [4.78, 5) is 25.8. The second-order valence-corrected chi connectivity index (χ2v) is 7.94. The SMILES string of the molecule is NS(=O)(=O)n1ccc(C2CCN(C(=O)[C@@H]3CCCN3)CC2)c1C(=O)O. The van der Waals surface area contributed by atoms with Crippen molar-refractivity contribution in [2.45, 2.75) is 37.6 Å². The van der Waals surface area contributed by atoms with Gasteiger partial charge in [-0.3, -0.25) is 4.79 Å². The number of nitrogens with one attached hydrogen (secondary N) is 1. The van der Waals surface area contributed by atoms with E-state index in [9.17, 15) is 23.1 Å². The van der Waals surface area contributed by atoms with Crippen LogP contribution in [0.3, 0.4) is 0 Å². The normalized spacial score (nSPS) is 22.3. The van der Waals surface area contributed by atoms with Crippen molar-refractivity contribution in [3.63, 3.8) is 0 Å². The van der Waals surface area contributed by atoms with Crippen LogP contribution in [0.2, 0.25) is 0 Å². The second kappa shape index (κ2) is 6.77. The van der Waals surface area contributed by atoms with Crippen LogP contribution >= 0.6 is 0 Å². The number of hydrogen-bond acceptors (Lipinski definition) is 5. The van der Waals surface area contributed by atoms with E-state index in [2.05, 4.69) is 5.32 Å². The minimum Gasteiger partial charge on any atom is -0.477 e. The van der Waals surface area contributed by atoms with Crippen molar-refractivity contribution in [2.75, 3.05) is 19.6 Å². The van der Waals surface area contributed by atoms with Gasteiger partial charge in [0.2, 0.25) is 5.91 Å². The van der Waals surface area contributed by atoms with Crippen LogP contribution in [0, 0.1) is 0 Å². The molecule has 2 saturated heterocycles. The molecule has 0 aliphatic carbocycles. The van der Waals surface area contributed by atoms with Gasteiger partial charge < -0.3 is 15.3 Å². The van der Waals surface area contributed by atoms with E-state index in [1.54, 1.807) is 4.90 Å². The van der Waals surface area contributed by atoms with Gasteiger partial charge in [-0.2, -0.15) is 8.42 Å². The summed E-state index contributed by atoms with van der Waals surface area (Å²) in [6.45, 7) is 1.92. The molecule has 25 heavy (non-hydrogen) atoms. The summed E-state index contributed by atoms with van der Waals surface area (Å²) in [5.74, 6) is -1.35. The van der Waals surface area contributed by atoms with Gasteiger partial charge in [0.1, 0.15) is 5.69 Å². The van der Waals surface area contributed by atoms with Crippen molar-refractivity contribution in [3.05, 3.63) is 23.5 Å². The molecule has 0 saturated carbocycles. The van der Waals surface area contributed by atoms with Crippen LogP contribution in [-0.2, 0) is 15.0 Å². The lowest BCUT2D eigenvalue weighted by atomic mass is 9.89. The number of nitrogens with zero attached hydrogens (tertiary/aromatic N) is 2. The van der Waals surface area contributed by atoms with Crippen LogP contribution in [0.15, 0.2) is 12.3 Å². The molecule has 1 atom stereocenters. The molecule has 1 aromatic heterocycles. The average Bonchev–Trinajstić information content (AvgIpc) is 3.23. The first-order valence-electron chi connectivity index (χ1n) is 8.29. The third-order valence-corrected chi connectivity index (χ3v) is 5.82. The number of rotatable bonds is 4. The Bertz CT molecular complexity index is 774. The van der Waals surface area contributed by atoms with E-state index in [1.807, 2.05) is 0 Å². The molecule has 0 unspecified atom stereocenters. The number of nitrogens with two attached hydrogens (primary N) is 1. The molecule has 2 aliphatic rings. The number of carboxylic acid groups (broad SMARTS) is 1. The van der Waals surface area contributed by atoms with Crippen molar-refractivity contribution in [2.24, 2.45) is 5.14 Å². The zero-order chi connectivity index (χ0) is 18.2. The first-order valence-corrected chi connectivity index (χ1v) is 9.79. The molecule has 4 N–H and O–H groups in total. The zero-order valence-corrected chi connectivity index (χ0v) is 14.5. The van der Waals surface area contributed by atoms with Crippen LogP contribution in [0.25, 0.3) is 0 Å². The van der Waals surface area contributed by atoms with Crippen molar-refractivity contribution in [1.29, 1.82) is 0 Å². The number of carboxylic acids is 1.